The summed E-state index contributed by atoms with van der Waals surface area (Å²) in [6, 6.07) is 20.2. The highest BCUT2D eigenvalue weighted by atomic mass is 19.1. The molecule has 8 nitrogen and oxygen atoms in total. The molecule has 0 radical (unpaired) electrons. The van der Waals surface area contributed by atoms with E-state index in [0.717, 1.165) is 6.07 Å². The molecule has 0 fully saturated rings. The van der Waals surface area contributed by atoms with Crippen LogP contribution in [-0.2, 0) is 7.05 Å². The second-order valence-electron chi connectivity index (χ2n) is 9.83. The average molecular weight is 541 g/mol. The molecule has 2 aromatic heterocycles. The molecule has 0 unspecified atom stereocenters. The molecule has 0 aliphatic carbocycles. The zero-order valence-corrected chi connectivity index (χ0v) is 22.6. The molecule has 0 saturated heterocycles. The van der Waals surface area contributed by atoms with E-state index in [1.54, 1.807) is 43.0 Å². The van der Waals surface area contributed by atoms with Gasteiger partial charge in [-0.3, -0.25) is 19.3 Å². The first kappa shape index (κ1) is 26.7. The zero-order valence-electron chi connectivity index (χ0n) is 22.6. The first-order valence-corrected chi connectivity index (χ1v) is 12.9. The van der Waals surface area contributed by atoms with Crippen LogP contribution in [0, 0.1) is 18.7 Å². The summed E-state index contributed by atoms with van der Waals surface area (Å²) < 4.78 is 29.8. The van der Waals surface area contributed by atoms with Crippen LogP contribution in [0.3, 0.4) is 0 Å². The van der Waals surface area contributed by atoms with Crippen LogP contribution in [-0.4, -0.2) is 26.9 Å². The van der Waals surface area contributed by atoms with E-state index < -0.39 is 17.3 Å². The number of benzene rings is 3. The van der Waals surface area contributed by atoms with Gasteiger partial charge in [0.25, 0.3) is 11.5 Å². The molecule has 1 N–H and O–H groups in total. The molecule has 0 atom stereocenters. The summed E-state index contributed by atoms with van der Waals surface area (Å²) >= 11 is 0. The van der Waals surface area contributed by atoms with Crippen LogP contribution in [0.15, 0.2) is 83.8 Å². The minimum atomic E-state index is -0.675. The van der Waals surface area contributed by atoms with E-state index in [9.17, 15) is 9.59 Å². The van der Waals surface area contributed by atoms with Gasteiger partial charge in [0, 0.05) is 36.5 Å². The topological polar surface area (TPSA) is 87.4 Å². The lowest BCUT2D eigenvalue weighted by Gasteiger charge is -2.12. The van der Waals surface area contributed by atoms with Crippen molar-refractivity contribution in [3.63, 3.8) is 0 Å². The smallest absolute Gasteiger partial charge is 0.284 e. The fourth-order valence-corrected chi connectivity index (χ4v) is 4.35. The molecule has 1 amide bonds. The van der Waals surface area contributed by atoms with E-state index >= 15 is 4.39 Å². The van der Waals surface area contributed by atoms with Crippen molar-refractivity contribution in [1.82, 2.24) is 14.3 Å². The molecule has 40 heavy (non-hydrogen) atoms. The predicted octanol–water partition coefficient (Wildman–Crippen LogP) is 6.25. The maximum absolute atomic E-state index is 15.1. The van der Waals surface area contributed by atoms with Crippen LogP contribution >= 0.6 is 0 Å². The predicted molar refractivity (Wildman–Crippen MR) is 152 cm³/mol. The summed E-state index contributed by atoms with van der Waals surface area (Å²) in [6.45, 7) is 6.41. The van der Waals surface area contributed by atoms with E-state index in [4.69, 9.17) is 9.47 Å². The van der Waals surface area contributed by atoms with Crippen molar-refractivity contribution >= 4 is 22.5 Å². The van der Waals surface area contributed by atoms with Crippen LogP contribution in [0.4, 0.5) is 10.1 Å². The summed E-state index contributed by atoms with van der Waals surface area (Å²) in [5.74, 6) is 0.188. The number of halogens is 1. The number of carbonyl (C=O) groups excluding carboxylic acids is 1. The van der Waals surface area contributed by atoms with Gasteiger partial charge in [-0.15, -0.1) is 0 Å². The molecule has 0 aliphatic rings. The average Bonchev–Trinajstić information content (AvgIpc) is 3.16. The zero-order chi connectivity index (χ0) is 28.4. The Morgan fingerprint density at radius 3 is 2.52 bits per heavy atom. The number of nitrogens with one attached hydrogen (secondary N) is 1. The van der Waals surface area contributed by atoms with Crippen molar-refractivity contribution in [3.8, 4) is 22.9 Å². The molecular weight excluding hydrogens is 511 g/mol. The number of pyridine rings is 1. The number of amides is 1. The Balaban J connectivity index is 1.36. The van der Waals surface area contributed by atoms with Crippen molar-refractivity contribution in [1.29, 1.82) is 0 Å². The third kappa shape index (κ3) is 5.31. The number of para-hydroxylation sites is 1. The summed E-state index contributed by atoms with van der Waals surface area (Å²) in [7, 11) is 1.70. The van der Waals surface area contributed by atoms with Gasteiger partial charge >= 0.3 is 0 Å². The lowest BCUT2D eigenvalue weighted by atomic mass is 10.2. The van der Waals surface area contributed by atoms with Crippen LogP contribution in [0.2, 0.25) is 0 Å². The van der Waals surface area contributed by atoms with Gasteiger partial charge in [-0.2, -0.15) is 0 Å². The normalized spacial score (nSPS) is 11.2. The summed E-state index contributed by atoms with van der Waals surface area (Å²) in [5.41, 5.74) is 1.47. The van der Waals surface area contributed by atoms with Gasteiger partial charge in [0.1, 0.15) is 17.1 Å². The molecule has 0 aliphatic heterocycles. The van der Waals surface area contributed by atoms with Gasteiger partial charge < -0.3 is 14.8 Å². The lowest BCUT2D eigenvalue weighted by molar-refractivity contribution is 0.102. The highest BCUT2D eigenvalue weighted by Crippen LogP contribution is 2.33. The number of ether oxygens (including phenoxy) is 2. The molecule has 5 rings (SSSR count). The highest BCUT2D eigenvalue weighted by Gasteiger charge is 2.22. The molecule has 5 aromatic rings. The summed E-state index contributed by atoms with van der Waals surface area (Å²) in [6.07, 6.45) is 1.58. The van der Waals surface area contributed by atoms with E-state index in [0.29, 0.717) is 46.3 Å². The number of rotatable bonds is 8. The van der Waals surface area contributed by atoms with Gasteiger partial charge in [0.05, 0.1) is 23.5 Å². The van der Waals surface area contributed by atoms with Crippen LogP contribution in [0.1, 0.15) is 29.9 Å². The Kier molecular flexibility index (Phi) is 7.37. The van der Waals surface area contributed by atoms with E-state index in [2.05, 4.69) is 24.1 Å². The summed E-state index contributed by atoms with van der Waals surface area (Å²) in [4.78, 5) is 30.6. The molecule has 2 heterocycles. The Labute approximate surface area is 230 Å². The Bertz CT molecular complexity index is 1760. The standard InChI is InChI=1S/C31H29FN4O4/c1-19(2)18-39-23-11-12-24-26(17-23)33-15-14-27(24)40-28-13-10-21(16-25(28)32)34-30(37)29-20(3)35(4)36(31(29)38)22-8-6-5-7-9-22/h5-17,19H,18H2,1-4H3,(H,34,37). The van der Waals surface area contributed by atoms with Crippen molar-refractivity contribution in [2.75, 3.05) is 11.9 Å². The van der Waals surface area contributed by atoms with Crippen LogP contribution < -0.4 is 20.3 Å². The van der Waals surface area contributed by atoms with Gasteiger partial charge in [-0.1, -0.05) is 32.0 Å². The maximum atomic E-state index is 15.1. The number of fused-ring (bicyclic) bond motifs is 1. The Morgan fingerprint density at radius 1 is 1.02 bits per heavy atom. The van der Waals surface area contributed by atoms with Gasteiger partial charge in [-0.05, 0) is 55.3 Å². The molecular formula is C31H29FN4O4. The first-order valence-electron chi connectivity index (χ1n) is 12.9. The van der Waals surface area contributed by atoms with E-state index in [1.165, 1.54) is 16.8 Å². The second kappa shape index (κ2) is 11.1. The van der Waals surface area contributed by atoms with Crippen molar-refractivity contribution in [3.05, 3.63) is 106 Å². The second-order valence-corrected chi connectivity index (χ2v) is 9.83. The lowest BCUT2D eigenvalue weighted by Crippen LogP contribution is -2.25. The third-order valence-electron chi connectivity index (χ3n) is 6.45. The van der Waals surface area contributed by atoms with Crippen molar-refractivity contribution in [2.24, 2.45) is 13.0 Å². The Morgan fingerprint density at radius 2 is 1.80 bits per heavy atom. The number of carbonyl (C=O) groups is 1. The summed E-state index contributed by atoms with van der Waals surface area (Å²) in [5, 5.41) is 3.33. The Hall–Kier alpha value is -4.92. The monoisotopic (exact) mass is 540 g/mol. The van der Waals surface area contributed by atoms with Crippen molar-refractivity contribution in [2.45, 2.75) is 20.8 Å². The first-order chi connectivity index (χ1) is 19.2. The number of aromatic nitrogens is 3. The molecule has 0 bridgehead atoms. The number of hydrogen-bond donors (Lipinski definition) is 1. The minimum absolute atomic E-state index is 0.0204. The minimum Gasteiger partial charge on any atom is -0.493 e. The van der Waals surface area contributed by atoms with Crippen LogP contribution in [0.5, 0.6) is 17.2 Å². The highest BCUT2D eigenvalue weighted by molar-refractivity contribution is 6.05. The van der Waals surface area contributed by atoms with Gasteiger partial charge in [-0.25, -0.2) is 9.07 Å². The molecule has 3 aromatic carbocycles. The molecule has 9 heteroatoms. The van der Waals surface area contributed by atoms with Gasteiger partial charge in [0.15, 0.2) is 11.6 Å². The van der Waals surface area contributed by atoms with Crippen LogP contribution in [0.25, 0.3) is 16.6 Å². The molecule has 204 valence electrons. The number of nitrogens with zero attached hydrogens (tertiary/aromatic N) is 3. The quantitative estimate of drug-likeness (QED) is 0.251. The fraction of sp³-hybridized carbons (Fsp3) is 0.194. The SMILES string of the molecule is Cc1c(C(=O)Nc2ccc(Oc3ccnc4cc(OCC(C)C)ccc34)c(F)c2)c(=O)n(-c2ccccc2)n1C. The number of hydrogen-bond acceptors (Lipinski definition) is 5. The maximum Gasteiger partial charge on any atom is 0.284 e. The van der Waals surface area contributed by atoms with Gasteiger partial charge in [0.2, 0.25) is 0 Å². The number of anilines is 1. The van der Waals surface area contributed by atoms with E-state index in [-0.39, 0.29) is 17.0 Å². The molecule has 0 saturated carbocycles. The largest absolute Gasteiger partial charge is 0.493 e. The van der Waals surface area contributed by atoms with Crippen molar-refractivity contribution < 1.29 is 18.7 Å². The third-order valence-corrected chi connectivity index (χ3v) is 6.45. The van der Waals surface area contributed by atoms with E-state index in [1.807, 2.05) is 36.4 Å². The fourth-order valence-electron chi connectivity index (χ4n) is 4.35. The molecule has 0 spiro atoms.